The highest BCUT2D eigenvalue weighted by molar-refractivity contribution is 6.06. The van der Waals surface area contributed by atoms with Gasteiger partial charge in [0.1, 0.15) is 0 Å². The first-order valence-electron chi connectivity index (χ1n) is 13.4. The molecule has 0 saturated heterocycles. The largest absolute Gasteiger partial charge is 0.310 e. The molecule has 0 saturated carbocycles. The number of nitrogens with zero attached hydrogens (tertiary/aromatic N) is 1. The number of benzene rings is 7. The van der Waals surface area contributed by atoms with Gasteiger partial charge in [0.15, 0.2) is 0 Å². The van der Waals surface area contributed by atoms with Crippen molar-refractivity contribution in [2.45, 2.75) is 0 Å². The molecule has 0 bridgehead atoms. The molecule has 0 aliphatic rings. The van der Waals surface area contributed by atoms with E-state index in [0.717, 1.165) is 17.1 Å². The van der Waals surface area contributed by atoms with E-state index in [1.54, 1.807) is 0 Å². The lowest BCUT2D eigenvalue weighted by Crippen LogP contribution is -2.11. The highest BCUT2D eigenvalue weighted by atomic mass is 15.1. The van der Waals surface area contributed by atoms with Crippen LogP contribution in [0, 0.1) is 0 Å². The van der Waals surface area contributed by atoms with Gasteiger partial charge in [-0.15, -0.1) is 0 Å². The van der Waals surface area contributed by atoms with Crippen LogP contribution in [0.2, 0.25) is 0 Å². The van der Waals surface area contributed by atoms with Crippen LogP contribution in [0.3, 0.4) is 0 Å². The monoisotopic (exact) mass is 497 g/mol. The molecule has 39 heavy (non-hydrogen) atoms. The molecule has 7 aromatic rings. The van der Waals surface area contributed by atoms with Crippen molar-refractivity contribution in [3.8, 4) is 22.3 Å². The van der Waals surface area contributed by atoms with E-state index < -0.39 is 0 Å². The first-order valence-corrected chi connectivity index (χ1v) is 13.4. The van der Waals surface area contributed by atoms with Crippen LogP contribution < -0.4 is 4.90 Å². The van der Waals surface area contributed by atoms with Gasteiger partial charge in [-0.05, 0) is 74.6 Å². The molecule has 7 aromatic carbocycles. The maximum Gasteiger partial charge on any atom is 0.0546 e. The first-order chi connectivity index (χ1) is 19.3. The Morgan fingerprint density at radius 2 is 0.872 bits per heavy atom. The van der Waals surface area contributed by atoms with Crippen molar-refractivity contribution in [3.05, 3.63) is 164 Å². The van der Waals surface area contributed by atoms with Gasteiger partial charge in [0.25, 0.3) is 0 Å². The lowest BCUT2D eigenvalue weighted by atomic mass is 9.93. The van der Waals surface area contributed by atoms with Gasteiger partial charge in [-0.2, -0.15) is 0 Å². The second-order valence-corrected chi connectivity index (χ2v) is 9.83. The average molecular weight is 498 g/mol. The van der Waals surface area contributed by atoms with Crippen LogP contribution in [0.15, 0.2) is 164 Å². The van der Waals surface area contributed by atoms with Crippen molar-refractivity contribution in [1.29, 1.82) is 0 Å². The normalized spacial score (nSPS) is 11.1. The molecule has 0 N–H and O–H groups in total. The molecule has 0 amide bonds. The Bertz CT molecular complexity index is 1890. The molecule has 0 unspecified atom stereocenters. The molecular weight excluding hydrogens is 470 g/mol. The number of anilines is 3. The van der Waals surface area contributed by atoms with E-state index in [9.17, 15) is 0 Å². The summed E-state index contributed by atoms with van der Waals surface area (Å²) in [5, 5.41) is 4.97. The van der Waals surface area contributed by atoms with Crippen LogP contribution >= 0.6 is 0 Å². The predicted octanol–water partition coefficient (Wildman–Crippen LogP) is 10.8. The summed E-state index contributed by atoms with van der Waals surface area (Å²) in [4.78, 5) is 2.38. The SMILES string of the molecule is c1ccc(-c2ccc(N(c3ccccc3)c3ccc4ccccc4c3-c3ccc4ccccc4c3)cc2)cc1. The summed E-state index contributed by atoms with van der Waals surface area (Å²) in [5.41, 5.74) is 8.28. The lowest BCUT2D eigenvalue weighted by Gasteiger charge is -2.29. The molecule has 0 radical (unpaired) electrons. The number of hydrogen-bond donors (Lipinski definition) is 0. The molecule has 0 heterocycles. The fraction of sp³-hybridized carbons (Fsp3) is 0. The minimum Gasteiger partial charge on any atom is -0.310 e. The van der Waals surface area contributed by atoms with Gasteiger partial charge in [-0.25, -0.2) is 0 Å². The van der Waals surface area contributed by atoms with Crippen molar-refractivity contribution in [2.24, 2.45) is 0 Å². The van der Waals surface area contributed by atoms with Gasteiger partial charge in [-0.3, -0.25) is 0 Å². The van der Waals surface area contributed by atoms with Crippen LogP contribution in [0.5, 0.6) is 0 Å². The minimum absolute atomic E-state index is 1.12. The Morgan fingerprint density at radius 1 is 0.333 bits per heavy atom. The molecule has 1 heteroatoms. The van der Waals surface area contributed by atoms with Crippen molar-refractivity contribution >= 4 is 38.6 Å². The predicted molar refractivity (Wildman–Crippen MR) is 167 cm³/mol. The third-order valence-electron chi connectivity index (χ3n) is 7.43. The standard InChI is InChI=1S/C38H27N/c1-3-11-28(12-4-1)30-21-24-35(25-22-30)39(34-16-5-2-6-17-34)37-26-23-31-14-9-10-18-36(31)38(37)33-20-19-29-13-7-8-15-32(29)27-33/h1-27H. The summed E-state index contributed by atoms with van der Waals surface area (Å²) in [5.74, 6) is 0. The summed E-state index contributed by atoms with van der Waals surface area (Å²) in [7, 11) is 0. The van der Waals surface area contributed by atoms with Gasteiger partial charge in [0.2, 0.25) is 0 Å². The number of para-hydroxylation sites is 1. The zero-order chi connectivity index (χ0) is 26.0. The van der Waals surface area contributed by atoms with Gasteiger partial charge in [0.05, 0.1) is 5.69 Å². The molecule has 0 fully saturated rings. The van der Waals surface area contributed by atoms with E-state index in [0.29, 0.717) is 0 Å². The Labute approximate surface area is 229 Å². The van der Waals surface area contributed by atoms with Crippen LogP contribution in [0.4, 0.5) is 17.1 Å². The van der Waals surface area contributed by atoms with Crippen molar-refractivity contribution in [3.63, 3.8) is 0 Å². The van der Waals surface area contributed by atoms with E-state index in [-0.39, 0.29) is 0 Å². The van der Waals surface area contributed by atoms with Gasteiger partial charge in [0, 0.05) is 16.9 Å². The smallest absolute Gasteiger partial charge is 0.0546 e. The number of rotatable bonds is 5. The lowest BCUT2D eigenvalue weighted by molar-refractivity contribution is 1.29. The van der Waals surface area contributed by atoms with E-state index in [4.69, 9.17) is 0 Å². The molecule has 7 rings (SSSR count). The van der Waals surface area contributed by atoms with E-state index in [2.05, 4.69) is 169 Å². The Hall–Kier alpha value is -5.14. The molecule has 0 aromatic heterocycles. The van der Waals surface area contributed by atoms with Crippen LogP contribution in [0.1, 0.15) is 0 Å². The topological polar surface area (TPSA) is 3.24 Å². The van der Waals surface area contributed by atoms with E-state index in [1.807, 2.05) is 0 Å². The fourth-order valence-corrected chi connectivity index (χ4v) is 5.53. The van der Waals surface area contributed by atoms with Gasteiger partial charge < -0.3 is 4.90 Å². The van der Waals surface area contributed by atoms with Crippen molar-refractivity contribution in [2.75, 3.05) is 4.90 Å². The first kappa shape index (κ1) is 23.0. The maximum absolute atomic E-state index is 2.38. The molecular formula is C38H27N. The Morgan fingerprint density at radius 3 is 1.64 bits per heavy atom. The van der Waals surface area contributed by atoms with Gasteiger partial charge >= 0.3 is 0 Å². The summed E-state index contributed by atoms with van der Waals surface area (Å²) < 4.78 is 0. The van der Waals surface area contributed by atoms with E-state index in [1.165, 1.54) is 43.8 Å². The molecule has 1 nitrogen and oxygen atoms in total. The van der Waals surface area contributed by atoms with Crippen LogP contribution in [-0.2, 0) is 0 Å². The number of hydrogen-bond acceptors (Lipinski definition) is 1. The van der Waals surface area contributed by atoms with E-state index >= 15 is 0 Å². The zero-order valence-electron chi connectivity index (χ0n) is 21.5. The molecule has 0 aliphatic heterocycles. The summed E-state index contributed by atoms with van der Waals surface area (Å²) in [6.45, 7) is 0. The van der Waals surface area contributed by atoms with Gasteiger partial charge in [-0.1, -0.05) is 127 Å². The summed E-state index contributed by atoms with van der Waals surface area (Å²) in [6.07, 6.45) is 0. The highest BCUT2D eigenvalue weighted by Gasteiger charge is 2.19. The number of fused-ring (bicyclic) bond motifs is 2. The van der Waals surface area contributed by atoms with Crippen molar-refractivity contribution in [1.82, 2.24) is 0 Å². The second-order valence-electron chi connectivity index (χ2n) is 9.83. The molecule has 0 spiro atoms. The average Bonchev–Trinajstić information content (AvgIpc) is 3.02. The third kappa shape index (κ3) is 4.35. The molecule has 184 valence electrons. The van der Waals surface area contributed by atoms with Crippen LogP contribution in [0.25, 0.3) is 43.8 Å². The Balaban J connectivity index is 1.47. The maximum atomic E-state index is 2.38. The molecule has 0 atom stereocenters. The fourth-order valence-electron chi connectivity index (χ4n) is 5.53. The quantitative estimate of drug-likeness (QED) is 0.229. The summed E-state index contributed by atoms with van der Waals surface area (Å²) in [6, 6.07) is 58.7. The third-order valence-corrected chi connectivity index (χ3v) is 7.43. The Kier molecular flexibility index (Phi) is 5.88. The minimum atomic E-state index is 1.12. The molecule has 0 aliphatic carbocycles. The zero-order valence-corrected chi connectivity index (χ0v) is 21.5. The highest BCUT2D eigenvalue weighted by Crippen LogP contribution is 2.45. The second kappa shape index (κ2) is 9.96. The van der Waals surface area contributed by atoms with Crippen molar-refractivity contribution < 1.29 is 0 Å². The van der Waals surface area contributed by atoms with Crippen LogP contribution in [-0.4, -0.2) is 0 Å². The summed E-state index contributed by atoms with van der Waals surface area (Å²) >= 11 is 0.